The molecule has 4 amide bonds. The molecule has 60 heavy (non-hydrogen) atoms. The highest BCUT2D eigenvalue weighted by molar-refractivity contribution is 6.06. The number of nitrogens with zero attached hydrogens (tertiary/aromatic N) is 7. The lowest BCUT2D eigenvalue weighted by atomic mass is 9.97. The van der Waals surface area contributed by atoms with Gasteiger partial charge in [0.2, 0.25) is 11.8 Å². The Labute approximate surface area is 348 Å². The zero-order valence-electron chi connectivity index (χ0n) is 34.7. The number of hydrogen-bond acceptors (Lipinski definition) is 11. The molecule has 6 aromatic rings. The number of benzene rings is 3. The number of carbonyl (C=O) groups is 3. The SMILES string of the molecule is Cc1cc(-c2[nH]nc3ncc(-c4ccc(N5CCN(CCCOc6ccc(N7CCC(=O)NC7=O)c(C)c6)CC5)cc4)cc23)ccc1CNC(=O)c1noc(C(C)(C)C)n1. The fourth-order valence-electron chi connectivity index (χ4n) is 7.59. The van der Waals surface area contributed by atoms with Gasteiger partial charge in [0.15, 0.2) is 5.65 Å². The van der Waals surface area contributed by atoms with Crippen molar-refractivity contribution in [3.8, 4) is 28.1 Å². The summed E-state index contributed by atoms with van der Waals surface area (Å²) in [6.07, 6.45) is 3.07. The summed E-state index contributed by atoms with van der Waals surface area (Å²) in [5.41, 5.74) is 9.17. The van der Waals surface area contributed by atoms with Gasteiger partial charge in [0.1, 0.15) is 5.75 Å². The van der Waals surface area contributed by atoms with Gasteiger partial charge in [-0.1, -0.05) is 50.2 Å². The van der Waals surface area contributed by atoms with Crippen molar-refractivity contribution in [2.24, 2.45) is 0 Å². The molecule has 2 fully saturated rings. The number of imide groups is 1. The Hall–Kier alpha value is -6.61. The van der Waals surface area contributed by atoms with Crippen LogP contribution in [0.15, 0.2) is 77.4 Å². The maximum absolute atomic E-state index is 12.7. The third-order valence-electron chi connectivity index (χ3n) is 11.1. The predicted molar refractivity (Wildman–Crippen MR) is 229 cm³/mol. The third-order valence-corrected chi connectivity index (χ3v) is 11.1. The number of rotatable bonds is 12. The Morgan fingerprint density at radius 2 is 1.68 bits per heavy atom. The van der Waals surface area contributed by atoms with Gasteiger partial charge < -0.3 is 19.5 Å². The maximum Gasteiger partial charge on any atom is 0.328 e. The minimum atomic E-state index is -0.384. The van der Waals surface area contributed by atoms with Crippen LogP contribution in [0.4, 0.5) is 16.2 Å². The maximum atomic E-state index is 12.7. The van der Waals surface area contributed by atoms with Crippen molar-refractivity contribution in [2.45, 2.75) is 59.4 Å². The van der Waals surface area contributed by atoms with E-state index in [1.54, 1.807) is 4.90 Å². The lowest BCUT2D eigenvalue weighted by molar-refractivity contribution is -0.120. The van der Waals surface area contributed by atoms with Crippen LogP contribution in [0.5, 0.6) is 5.75 Å². The summed E-state index contributed by atoms with van der Waals surface area (Å²) in [4.78, 5) is 52.0. The van der Waals surface area contributed by atoms with Crippen molar-refractivity contribution >= 4 is 40.3 Å². The molecule has 310 valence electrons. The fourth-order valence-corrected chi connectivity index (χ4v) is 7.59. The standard InChI is InChI=1S/C45H50N10O5/c1-28-23-31(7-8-32(28)26-47-42(57)41-49-43(60-52-41)45(3,4)5)39-36-25-33(27-46-40(36)51-50-39)30-9-11-34(12-10-30)54-20-18-53(19-21-54)16-6-22-59-35-13-14-37(29(2)24-35)55-17-15-38(56)48-44(55)58/h7-14,23-25,27H,6,15-22,26H2,1-5H3,(H,47,57)(H,46,50,51)(H,48,56,58). The molecule has 0 saturated carbocycles. The van der Waals surface area contributed by atoms with E-state index in [2.05, 4.69) is 82.2 Å². The molecule has 5 heterocycles. The average molecular weight is 811 g/mol. The number of ether oxygens (including phenoxy) is 1. The predicted octanol–water partition coefficient (Wildman–Crippen LogP) is 6.56. The molecule has 15 heteroatoms. The van der Waals surface area contributed by atoms with E-state index in [-0.39, 0.29) is 29.1 Å². The number of urea groups is 1. The highest BCUT2D eigenvalue weighted by Crippen LogP contribution is 2.32. The number of aromatic nitrogens is 5. The highest BCUT2D eigenvalue weighted by Gasteiger charge is 2.26. The van der Waals surface area contributed by atoms with E-state index < -0.39 is 0 Å². The quantitative estimate of drug-likeness (QED) is 0.114. The molecule has 3 aromatic carbocycles. The summed E-state index contributed by atoms with van der Waals surface area (Å²) in [6.45, 7) is 16.0. The average Bonchev–Trinajstić information content (AvgIpc) is 3.92. The molecule has 0 radical (unpaired) electrons. The van der Waals surface area contributed by atoms with E-state index in [1.165, 1.54) is 5.69 Å². The van der Waals surface area contributed by atoms with Crippen LogP contribution in [0.3, 0.4) is 0 Å². The molecular weight excluding hydrogens is 761 g/mol. The van der Waals surface area contributed by atoms with E-state index in [9.17, 15) is 14.4 Å². The summed E-state index contributed by atoms with van der Waals surface area (Å²) < 4.78 is 11.3. The molecule has 2 aliphatic rings. The van der Waals surface area contributed by atoms with Crippen molar-refractivity contribution in [3.05, 3.63) is 101 Å². The number of H-pyrrole nitrogens is 1. The second-order valence-corrected chi connectivity index (χ2v) is 16.5. The summed E-state index contributed by atoms with van der Waals surface area (Å²) in [6, 6.07) is 22.3. The number of aromatic amines is 1. The summed E-state index contributed by atoms with van der Waals surface area (Å²) in [5.74, 6) is 0.592. The van der Waals surface area contributed by atoms with Crippen molar-refractivity contribution in [3.63, 3.8) is 0 Å². The van der Waals surface area contributed by atoms with E-state index in [0.717, 1.165) is 95.0 Å². The smallest absolute Gasteiger partial charge is 0.328 e. The highest BCUT2D eigenvalue weighted by atomic mass is 16.5. The largest absolute Gasteiger partial charge is 0.494 e. The lowest BCUT2D eigenvalue weighted by Gasteiger charge is -2.36. The molecule has 0 aliphatic carbocycles. The molecule has 0 unspecified atom stereocenters. The van der Waals surface area contributed by atoms with Crippen LogP contribution in [0.1, 0.15) is 66.8 Å². The van der Waals surface area contributed by atoms with Gasteiger partial charge in [-0.05, 0) is 85.0 Å². The van der Waals surface area contributed by atoms with E-state index in [0.29, 0.717) is 37.7 Å². The van der Waals surface area contributed by atoms with Gasteiger partial charge in [0.05, 0.1) is 12.3 Å². The number of pyridine rings is 1. The number of carbonyl (C=O) groups excluding carboxylic acids is 3. The Kier molecular flexibility index (Phi) is 11.3. The Morgan fingerprint density at radius 3 is 2.40 bits per heavy atom. The summed E-state index contributed by atoms with van der Waals surface area (Å²) in [5, 5.41) is 17.7. The van der Waals surface area contributed by atoms with Crippen LogP contribution in [-0.4, -0.2) is 93.9 Å². The van der Waals surface area contributed by atoms with Crippen molar-refractivity contribution in [1.82, 2.24) is 40.9 Å². The Morgan fingerprint density at radius 1 is 0.900 bits per heavy atom. The number of fused-ring (bicyclic) bond motifs is 1. The van der Waals surface area contributed by atoms with Gasteiger partial charge in [-0.3, -0.25) is 29.8 Å². The minimum absolute atomic E-state index is 0.0228. The first-order valence-corrected chi connectivity index (χ1v) is 20.4. The lowest BCUT2D eigenvalue weighted by Crippen LogP contribution is -2.49. The second-order valence-electron chi connectivity index (χ2n) is 16.5. The Balaban J connectivity index is 0.819. The second kappa shape index (κ2) is 16.9. The molecule has 3 aromatic heterocycles. The molecule has 3 N–H and O–H groups in total. The van der Waals surface area contributed by atoms with E-state index in [1.807, 2.05) is 71.1 Å². The Bertz CT molecular complexity index is 2530. The molecule has 0 bridgehead atoms. The van der Waals surface area contributed by atoms with Crippen LogP contribution >= 0.6 is 0 Å². The van der Waals surface area contributed by atoms with Crippen LogP contribution in [0.2, 0.25) is 0 Å². The molecule has 2 aliphatic heterocycles. The number of nitrogens with one attached hydrogen (secondary N) is 3. The fraction of sp³-hybridized carbons (Fsp3) is 0.356. The number of piperazine rings is 1. The van der Waals surface area contributed by atoms with Gasteiger partial charge in [-0.25, -0.2) is 9.78 Å². The number of anilines is 2. The topological polar surface area (TPSA) is 175 Å². The van der Waals surface area contributed by atoms with Gasteiger partial charge in [-0.15, -0.1) is 0 Å². The zero-order chi connectivity index (χ0) is 42.0. The van der Waals surface area contributed by atoms with Crippen LogP contribution in [-0.2, 0) is 16.8 Å². The normalized spacial score (nSPS) is 15.1. The van der Waals surface area contributed by atoms with Gasteiger partial charge in [0, 0.05) is 91.7 Å². The number of aryl methyl sites for hydroxylation is 2. The van der Waals surface area contributed by atoms with Crippen molar-refractivity contribution in [1.29, 1.82) is 0 Å². The van der Waals surface area contributed by atoms with Crippen LogP contribution in [0, 0.1) is 13.8 Å². The van der Waals surface area contributed by atoms with E-state index >= 15 is 0 Å². The van der Waals surface area contributed by atoms with Gasteiger partial charge in [0.25, 0.3) is 11.7 Å². The van der Waals surface area contributed by atoms with Crippen LogP contribution in [0.25, 0.3) is 33.4 Å². The molecule has 2 saturated heterocycles. The van der Waals surface area contributed by atoms with Crippen LogP contribution < -0.4 is 25.2 Å². The summed E-state index contributed by atoms with van der Waals surface area (Å²) in [7, 11) is 0. The minimum Gasteiger partial charge on any atom is -0.494 e. The summed E-state index contributed by atoms with van der Waals surface area (Å²) >= 11 is 0. The molecule has 15 nitrogen and oxygen atoms in total. The molecule has 0 atom stereocenters. The zero-order valence-corrected chi connectivity index (χ0v) is 34.7. The molecule has 0 spiro atoms. The molecular formula is C45H50N10O5. The first-order valence-electron chi connectivity index (χ1n) is 20.4. The first-order chi connectivity index (χ1) is 28.9. The van der Waals surface area contributed by atoms with Crippen molar-refractivity contribution in [2.75, 3.05) is 55.7 Å². The van der Waals surface area contributed by atoms with E-state index in [4.69, 9.17) is 9.26 Å². The third kappa shape index (κ3) is 8.86. The first kappa shape index (κ1) is 40.2. The van der Waals surface area contributed by atoms with Gasteiger partial charge in [-0.2, -0.15) is 10.1 Å². The number of amides is 4. The van der Waals surface area contributed by atoms with Crippen molar-refractivity contribution < 1.29 is 23.6 Å². The number of hydrogen-bond donors (Lipinski definition) is 3. The monoisotopic (exact) mass is 810 g/mol. The van der Waals surface area contributed by atoms with Gasteiger partial charge >= 0.3 is 6.03 Å². The molecule has 8 rings (SSSR count).